The molecular formula is C38H21N3O3Pt. The van der Waals surface area contributed by atoms with Crippen LogP contribution in [0.5, 0.6) is 0 Å². The van der Waals surface area contributed by atoms with Crippen molar-refractivity contribution in [2.75, 3.05) is 0 Å². The molecule has 0 spiro atoms. The molecule has 0 fully saturated rings. The number of rotatable bonds is 5. The van der Waals surface area contributed by atoms with Crippen LogP contribution in [0, 0.1) is 12.1 Å². The molecule has 9 rings (SSSR count). The molecule has 5 heterocycles. The molecule has 0 saturated heterocycles. The van der Waals surface area contributed by atoms with Gasteiger partial charge in [0.25, 0.3) is 0 Å². The number of fused-ring (bicyclic) bond motifs is 4. The van der Waals surface area contributed by atoms with Crippen molar-refractivity contribution >= 4 is 32.9 Å². The Morgan fingerprint density at radius 1 is 0.644 bits per heavy atom. The van der Waals surface area contributed by atoms with Gasteiger partial charge in [0.2, 0.25) is 0 Å². The molecule has 216 valence electrons. The molecule has 0 bridgehead atoms. The van der Waals surface area contributed by atoms with E-state index in [4.69, 9.17) is 18.2 Å². The second-order valence-corrected chi connectivity index (χ2v) is 10.6. The van der Waals surface area contributed by atoms with Crippen molar-refractivity contribution in [3.8, 4) is 50.7 Å². The molecule has 0 atom stereocenters. The summed E-state index contributed by atoms with van der Waals surface area (Å²) in [6.07, 6.45) is 8.62. The van der Waals surface area contributed by atoms with E-state index in [1.54, 1.807) is 31.2 Å². The van der Waals surface area contributed by atoms with Crippen molar-refractivity contribution in [1.82, 2.24) is 14.5 Å². The number of nitrogens with zero attached hydrogens (tertiary/aromatic N) is 3. The zero-order valence-electron chi connectivity index (χ0n) is 23.5. The molecule has 0 amide bonds. The third kappa shape index (κ3) is 4.62. The van der Waals surface area contributed by atoms with E-state index >= 15 is 0 Å². The Kier molecular flexibility index (Phi) is 6.58. The van der Waals surface area contributed by atoms with E-state index in [1.165, 1.54) is 0 Å². The second kappa shape index (κ2) is 10.9. The maximum atomic E-state index is 6.30. The summed E-state index contributed by atoms with van der Waals surface area (Å²) in [5, 5.41) is 2.19. The standard InChI is InChI=1S/C38H21N3O3.Pt/c1-2-7-35-31(5-1)32-10-8-25(38-40-34-11-9-24(21-37(34)44-38)26-12-15-42-22-26)20-36(32)41(35)30-18-28(27-13-16-43-23-27)17-29(19-30)33-6-3-4-14-39-33;/h1-18,21-23H;/q-2;+2. The normalized spacial score (nSPS) is 11.4. The van der Waals surface area contributed by atoms with Crippen LogP contribution in [-0.2, 0) is 21.1 Å². The monoisotopic (exact) mass is 762 g/mol. The Hall–Kier alpha value is -5.45. The van der Waals surface area contributed by atoms with Gasteiger partial charge in [-0.25, -0.2) is 0 Å². The molecule has 0 saturated carbocycles. The smallest absolute Gasteiger partial charge is 0.481 e. The Bertz CT molecular complexity index is 2440. The van der Waals surface area contributed by atoms with Crippen LogP contribution in [0.4, 0.5) is 0 Å². The summed E-state index contributed by atoms with van der Waals surface area (Å²) in [5.41, 5.74) is 10.8. The molecule has 0 N–H and O–H groups in total. The van der Waals surface area contributed by atoms with Crippen molar-refractivity contribution in [2.45, 2.75) is 0 Å². The van der Waals surface area contributed by atoms with Crippen LogP contribution in [0.25, 0.3) is 83.6 Å². The van der Waals surface area contributed by atoms with Gasteiger partial charge in [0.15, 0.2) is 0 Å². The van der Waals surface area contributed by atoms with Gasteiger partial charge >= 0.3 is 21.1 Å². The summed E-state index contributed by atoms with van der Waals surface area (Å²) in [5.74, 6) is 0.508. The number of furan rings is 2. The van der Waals surface area contributed by atoms with Crippen molar-refractivity contribution < 1.29 is 34.3 Å². The molecule has 45 heavy (non-hydrogen) atoms. The molecule has 0 aliphatic carbocycles. The molecular weight excluding hydrogens is 742 g/mol. The van der Waals surface area contributed by atoms with Gasteiger partial charge in [-0.3, -0.25) is 4.98 Å². The number of benzene rings is 4. The fraction of sp³-hybridized carbons (Fsp3) is 0. The van der Waals surface area contributed by atoms with Crippen LogP contribution in [-0.4, -0.2) is 14.5 Å². The van der Waals surface area contributed by atoms with Crippen LogP contribution in [0.3, 0.4) is 0 Å². The first kappa shape index (κ1) is 27.1. The fourth-order valence-corrected chi connectivity index (χ4v) is 5.85. The van der Waals surface area contributed by atoms with Gasteiger partial charge in [0.1, 0.15) is 11.5 Å². The number of aromatic nitrogens is 3. The summed E-state index contributed by atoms with van der Waals surface area (Å²) < 4.78 is 19.2. The number of pyridine rings is 1. The van der Waals surface area contributed by atoms with Crippen molar-refractivity contribution in [3.63, 3.8) is 0 Å². The fourth-order valence-electron chi connectivity index (χ4n) is 5.85. The summed E-state index contributed by atoms with van der Waals surface area (Å²) >= 11 is 0. The van der Waals surface area contributed by atoms with Crippen molar-refractivity contribution in [2.24, 2.45) is 0 Å². The number of oxazole rings is 1. The first-order chi connectivity index (χ1) is 21.8. The minimum absolute atomic E-state index is 0. The van der Waals surface area contributed by atoms with E-state index in [9.17, 15) is 0 Å². The minimum Gasteiger partial charge on any atom is -0.481 e. The predicted octanol–water partition coefficient (Wildman–Crippen LogP) is 9.77. The van der Waals surface area contributed by atoms with Gasteiger partial charge in [-0.2, -0.15) is 0 Å². The third-order valence-electron chi connectivity index (χ3n) is 7.95. The molecule has 0 aliphatic rings. The van der Waals surface area contributed by atoms with Crippen LogP contribution in [0.15, 0.2) is 142 Å². The van der Waals surface area contributed by atoms with E-state index < -0.39 is 0 Å². The molecule has 0 radical (unpaired) electrons. The Balaban J connectivity index is 0.00000300. The third-order valence-corrected chi connectivity index (χ3v) is 7.95. The maximum Gasteiger partial charge on any atom is 2.00 e. The van der Waals surface area contributed by atoms with E-state index in [1.807, 2.05) is 54.6 Å². The maximum absolute atomic E-state index is 6.30. The quantitative estimate of drug-likeness (QED) is 0.163. The van der Waals surface area contributed by atoms with Gasteiger partial charge in [-0.05, 0) is 64.2 Å². The summed E-state index contributed by atoms with van der Waals surface area (Å²) in [4.78, 5) is 9.43. The molecule has 0 aliphatic heterocycles. The van der Waals surface area contributed by atoms with Crippen molar-refractivity contribution in [1.29, 1.82) is 0 Å². The summed E-state index contributed by atoms with van der Waals surface area (Å²) in [7, 11) is 0. The van der Waals surface area contributed by atoms with Crippen LogP contribution in [0.2, 0.25) is 0 Å². The molecule has 9 aromatic rings. The first-order valence-electron chi connectivity index (χ1n) is 14.2. The predicted molar refractivity (Wildman–Crippen MR) is 170 cm³/mol. The Labute approximate surface area is 271 Å². The van der Waals surface area contributed by atoms with Gasteiger partial charge in [-0.1, -0.05) is 52.9 Å². The van der Waals surface area contributed by atoms with E-state index in [0.717, 1.165) is 72.1 Å². The molecule has 4 aromatic carbocycles. The van der Waals surface area contributed by atoms with E-state index in [-0.39, 0.29) is 21.1 Å². The Morgan fingerprint density at radius 3 is 2.27 bits per heavy atom. The molecule has 5 aromatic heterocycles. The average Bonchev–Trinajstić information content (AvgIpc) is 3.90. The molecule has 0 unspecified atom stereocenters. The first-order valence-corrected chi connectivity index (χ1v) is 14.2. The largest absolute Gasteiger partial charge is 2.00 e. The second-order valence-electron chi connectivity index (χ2n) is 10.6. The Morgan fingerprint density at radius 2 is 1.47 bits per heavy atom. The van der Waals surface area contributed by atoms with Crippen LogP contribution >= 0.6 is 0 Å². The van der Waals surface area contributed by atoms with Crippen LogP contribution in [0.1, 0.15) is 0 Å². The zero-order chi connectivity index (χ0) is 29.0. The number of para-hydroxylation sites is 1. The number of hydrogen-bond acceptors (Lipinski definition) is 5. The minimum atomic E-state index is 0. The van der Waals surface area contributed by atoms with Gasteiger partial charge in [0, 0.05) is 22.8 Å². The molecule has 6 nitrogen and oxygen atoms in total. The molecule has 7 heteroatoms. The van der Waals surface area contributed by atoms with Gasteiger partial charge < -0.3 is 22.8 Å². The summed E-state index contributed by atoms with van der Waals surface area (Å²) in [6.45, 7) is 0. The average molecular weight is 763 g/mol. The topological polar surface area (TPSA) is 70.1 Å². The van der Waals surface area contributed by atoms with Gasteiger partial charge in [0.05, 0.1) is 30.6 Å². The number of hydrogen-bond donors (Lipinski definition) is 0. The zero-order valence-corrected chi connectivity index (χ0v) is 25.8. The van der Waals surface area contributed by atoms with Gasteiger partial charge in [-0.15, -0.1) is 42.0 Å². The van der Waals surface area contributed by atoms with Crippen LogP contribution < -0.4 is 0 Å². The van der Waals surface area contributed by atoms with Crippen molar-refractivity contribution in [3.05, 3.63) is 140 Å². The SMILES string of the molecule is [Pt+2].[c-]1c(-c2ccccn2)cc(-c2ccoc2)cc1-n1c2[c-]c(-c3nc4ccc(-c5ccoc5)cc4o3)ccc2c2ccccc21. The van der Waals surface area contributed by atoms with E-state index in [2.05, 4.69) is 64.1 Å². The summed E-state index contributed by atoms with van der Waals surface area (Å²) in [6, 6.07) is 39.8. The van der Waals surface area contributed by atoms with E-state index in [0.29, 0.717) is 11.5 Å².